The molecule has 1 fully saturated rings. The molecule has 7 nitrogen and oxygen atoms in total. The minimum Gasteiger partial charge on any atom is -0.369 e. The summed E-state index contributed by atoms with van der Waals surface area (Å²) in [5.41, 5.74) is 7.01. The van der Waals surface area contributed by atoms with Crippen LogP contribution in [0.1, 0.15) is 31.2 Å². The largest absolute Gasteiger partial charge is 0.369 e. The van der Waals surface area contributed by atoms with Gasteiger partial charge in [-0.25, -0.2) is 4.98 Å². The summed E-state index contributed by atoms with van der Waals surface area (Å²) in [6.07, 6.45) is 6.39. The summed E-state index contributed by atoms with van der Waals surface area (Å²) in [4.78, 5) is 32.0. The second-order valence-electron chi connectivity index (χ2n) is 7.13. The van der Waals surface area contributed by atoms with Gasteiger partial charge < -0.3 is 16.4 Å². The average Bonchev–Trinajstić information content (AvgIpc) is 2.72. The molecule has 3 rings (SSSR count). The van der Waals surface area contributed by atoms with E-state index in [9.17, 15) is 9.59 Å². The molecule has 1 amide bonds. The molecule has 1 aliphatic carbocycles. The highest BCUT2D eigenvalue weighted by molar-refractivity contribution is 6.32. The lowest BCUT2D eigenvalue weighted by Crippen LogP contribution is -2.34. The van der Waals surface area contributed by atoms with E-state index < -0.39 is 0 Å². The van der Waals surface area contributed by atoms with Crippen molar-refractivity contribution in [1.29, 1.82) is 0 Å². The van der Waals surface area contributed by atoms with Crippen molar-refractivity contribution in [2.45, 2.75) is 38.1 Å². The molecule has 1 aliphatic rings. The van der Waals surface area contributed by atoms with Gasteiger partial charge in [0, 0.05) is 24.1 Å². The number of aromatic nitrogens is 2. The predicted molar refractivity (Wildman–Crippen MR) is 114 cm³/mol. The van der Waals surface area contributed by atoms with E-state index >= 15 is 0 Å². The number of anilines is 3. The maximum absolute atomic E-state index is 11.8. The number of nitrogens with one attached hydrogen (secondary N) is 2. The highest BCUT2D eigenvalue weighted by atomic mass is 35.5. The van der Waals surface area contributed by atoms with Gasteiger partial charge in [0.1, 0.15) is 5.02 Å². The summed E-state index contributed by atoms with van der Waals surface area (Å²) in [6.45, 7) is 3.52. The molecule has 2 aromatic rings. The monoisotopic (exact) mass is 413 g/mol. The van der Waals surface area contributed by atoms with Crippen LogP contribution in [0.4, 0.5) is 17.5 Å². The molecule has 0 bridgehead atoms. The first-order chi connectivity index (χ1) is 14.0. The Bertz CT molecular complexity index is 918. The fourth-order valence-corrected chi connectivity index (χ4v) is 3.61. The van der Waals surface area contributed by atoms with Crippen molar-refractivity contribution < 1.29 is 9.59 Å². The molecule has 29 heavy (non-hydrogen) atoms. The van der Waals surface area contributed by atoms with Crippen LogP contribution >= 0.6 is 11.6 Å². The van der Waals surface area contributed by atoms with Gasteiger partial charge in [-0.05, 0) is 37.0 Å². The van der Waals surface area contributed by atoms with Crippen molar-refractivity contribution in [1.82, 2.24) is 9.97 Å². The van der Waals surface area contributed by atoms with Crippen LogP contribution in [-0.2, 0) is 16.0 Å². The molecule has 0 saturated heterocycles. The number of halogens is 1. The number of amides is 1. The summed E-state index contributed by atoms with van der Waals surface area (Å²) < 4.78 is 0. The Morgan fingerprint density at radius 3 is 2.86 bits per heavy atom. The Morgan fingerprint density at radius 2 is 2.10 bits per heavy atom. The van der Waals surface area contributed by atoms with Crippen LogP contribution in [0, 0.1) is 5.92 Å². The molecule has 0 radical (unpaired) electrons. The molecule has 1 heterocycles. The molecule has 2 atom stereocenters. The lowest BCUT2D eigenvalue weighted by Gasteiger charge is -2.28. The summed E-state index contributed by atoms with van der Waals surface area (Å²) in [5.74, 6) is 0.398. The van der Waals surface area contributed by atoms with Crippen LogP contribution in [0.3, 0.4) is 0 Å². The number of carbonyl (C=O) groups is 2. The number of nitrogens with two attached hydrogens (primary N) is 1. The Kier molecular flexibility index (Phi) is 6.82. The zero-order chi connectivity index (χ0) is 20.8. The van der Waals surface area contributed by atoms with Gasteiger partial charge in [0.15, 0.2) is 11.6 Å². The lowest BCUT2D eigenvalue weighted by atomic mass is 9.85. The summed E-state index contributed by atoms with van der Waals surface area (Å²) in [5, 5.41) is 6.83. The number of hydrogen-bond acceptors (Lipinski definition) is 6. The fraction of sp³-hybridized carbons (Fsp3) is 0.333. The van der Waals surface area contributed by atoms with Crippen LogP contribution in [-0.4, -0.2) is 27.7 Å². The molecule has 0 aliphatic heterocycles. The van der Waals surface area contributed by atoms with Gasteiger partial charge in [0.25, 0.3) is 0 Å². The van der Waals surface area contributed by atoms with Crippen LogP contribution in [0.25, 0.3) is 0 Å². The van der Waals surface area contributed by atoms with E-state index in [4.69, 9.17) is 17.3 Å². The van der Waals surface area contributed by atoms with E-state index in [-0.39, 0.29) is 30.1 Å². The zero-order valence-corrected chi connectivity index (χ0v) is 16.8. The molecule has 152 valence electrons. The van der Waals surface area contributed by atoms with E-state index in [2.05, 4.69) is 27.2 Å². The van der Waals surface area contributed by atoms with Gasteiger partial charge in [0.2, 0.25) is 11.9 Å². The minimum atomic E-state index is -0.262. The van der Waals surface area contributed by atoms with Crippen molar-refractivity contribution in [3.05, 3.63) is 53.7 Å². The minimum absolute atomic E-state index is 0.0725. The van der Waals surface area contributed by atoms with Crippen molar-refractivity contribution >= 4 is 40.7 Å². The first-order valence-electron chi connectivity index (χ1n) is 9.55. The predicted octanol–water partition coefficient (Wildman–Crippen LogP) is 3.63. The Balaban J connectivity index is 1.76. The Morgan fingerprint density at radius 1 is 1.31 bits per heavy atom. The molecule has 0 spiro atoms. The third-order valence-electron chi connectivity index (χ3n) is 5.02. The molecule has 4 N–H and O–H groups in total. The summed E-state index contributed by atoms with van der Waals surface area (Å²) >= 11 is 6.28. The van der Waals surface area contributed by atoms with Gasteiger partial charge in [-0.15, -0.1) is 0 Å². The van der Waals surface area contributed by atoms with E-state index in [0.29, 0.717) is 23.2 Å². The number of rotatable bonds is 8. The van der Waals surface area contributed by atoms with Gasteiger partial charge >= 0.3 is 0 Å². The molecule has 2 unspecified atom stereocenters. The summed E-state index contributed by atoms with van der Waals surface area (Å²) in [7, 11) is 0. The van der Waals surface area contributed by atoms with Crippen molar-refractivity contribution in [2.24, 2.45) is 11.7 Å². The van der Waals surface area contributed by atoms with Crippen LogP contribution < -0.4 is 16.4 Å². The number of nitrogens with zero attached hydrogens (tertiary/aromatic N) is 2. The lowest BCUT2D eigenvalue weighted by molar-refractivity contribution is -0.122. The average molecular weight is 414 g/mol. The second-order valence-corrected chi connectivity index (χ2v) is 7.53. The van der Waals surface area contributed by atoms with E-state index in [1.807, 2.05) is 24.3 Å². The number of benzene rings is 1. The van der Waals surface area contributed by atoms with Gasteiger partial charge in [-0.2, -0.15) is 4.98 Å². The number of carbonyl (C=O) groups excluding carboxylic acids is 2. The van der Waals surface area contributed by atoms with Gasteiger partial charge in [-0.1, -0.05) is 42.8 Å². The quantitative estimate of drug-likeness (QED) is 0.570. The Labute approximate surface area is 174 Å². The van der Waals surface area contributed by atoms with Crippen molar-refractivity contribution in [3.8, 4) is 0 Å². The summed E-state index contributed by atoms with van der Waals surface area (Å²) in [6, 6.07) is 7.53. The van der Waals surface area contributed by atoms with Crippen LogP contribution in [0.5, 0.6) is 0 Å². The maximum Gasteiger partial charge on any atom is 0.224 e. The smallest absolute Gasteiger partial charge is 0.224 e. The molecule has 1 aromatic heterocycles. The highest BCUT2D eigenvalue weighted by Crippen LogP contribution is 2.29. The zero-order valence-electron chi connectivity index (χ0n) is 16.0. The third-order valence-corrected chi connectivity index (χ3v) is 5.29. The number of hydrogen-bond donors (Lipinski definition) is 3. The fourth-order valence-electron chi connectivity index (χ4n) is 3.47. The number of ketones is 1. The first kappa shape index (κ1) is 20.8. The van der Waals surface area contributed by atoms with E-state index in [1.54, 1.807) is 0 Å². The Hall–Kier alpha value is -2.93. The molecule has 8 heteroatoms. The normalized spacial score (nSPS) is 18.7. The number of para-hydroxylation sites is 1. The van der Waals surface area contributed by atoms with Crippen LogP contribution in [0.2, 0.25) is 5.02 Å². The molecule has 1 saturated carbocycles. The van der Waals surface area contributed by atoms with Gasteiger partial charge in [0.05, 0.1) is 6.20 Å². The van der Waals surface area contributed by atoms with E-state index in [1.165, 1.54) is 12.3 Å². The number of primary amides is 1. The molecule has 1 aromatic carbocycles. The van der Waals surface area contributed by atoms with Gasteiger partial charge in [-0.3, -0.25) is 9.59 Å². The highest BCUT2D eigenvalue weighted by Gasteiger charge is 2.26. The SMILES string of the molecule is C=CC(=O)Cc1ccccc1Nc1nc(NC2CCCC(C(N)=O)C2)ncc1Cl. The number of allylic oxidation sites excluding steroid dienone is 1. The van der Waals surface area contributed by atoms with E-state index in [0.717, 1.165) is 30.5 Å². The van der Waals surface area contributed by atoms with Crippen LogP contribution in [0.15, 0.2) is 43.1 Å². The maximum atomic E-state index is 11.8. The second kappa shape index (κ2) is 9.52. The van der Waals surface area contributed by atoms with Crippen molar-refractivity contribution in [2.75, 3.05) is 10.6 Å². The standard InChI is InChI=1S/C21H24ClN5O2/c1-2-16(28)11-13-6-3-4-9-18(13)26-20-17(22)12-24-21(27-20)25-15-8-5-7-14(10-15)19(23)29/h2-4,6,9,12,14-15H,1,5,7-8,10-11H2,(H2,23,29)(H2,24,25,26,27). The first-order valence-corrected chi connectivity index (χ1v) is 9.92. The topological polar surface area (TPSA) is 110 Å². The molecular weight excluding hydrogens is 390 g/mol. The van der Waals surface area contributed by atoms with Crippen molar-refractivity contribution in [3.63, 3.8) is 0 Å². The molecular formula is C21H24ClN5O2. The third kappa shape index (κ3) is 5.54.